The lowest BCUT2D eigenvalue weighted by molar-refractivity contribution is -0.120. The van der Waals surface area contributed by atoms with Gasteiger partial charge in [0.15, 0.2) is 15.6 Å². The molecule has 1 aromatic heterocycles. The van der Waals surface area contributed by atoms with E-state index in [2.05, 4.69) is 21.4 Å². The van der Waals surface area contributed by atoms with Crippen LogP contribution in [0.1, 0.15) is 75.8 Å². The highest BCUT2D eigenvalue weighted by Gasteiger charge is 2.52. The third-order valence-corrected chi connectivity index (χ3v) is 13.5. The molecule has 51 heavy (non-hydrogen) atoms. The first-order valence-corrected chi connectivity index (χ1v) is 20.7. The number of fused-ring (bicyclic) bond motifs is 1. The molecular weight excluding hydrogens is 691 g/mol. The van der Waals surface area contributed by atoms with Gasteiger partial charge in [-0.2, -0.15) is 0 Å². The van der Waals surface area contributed by atoms with Gasteiger partial charge in [0.1, 0.15) is 27.9 Å². The average Bonchev–Trinajstić information content (AvgIpc) is 3.52. The zero-order chi connectivity index (χ0) is 36.6. The first kappa shape index (κ1) is 36.3. The number of benzene rings is 3. The lowest BCUT2D eigenvalue weighted by Crippen LogP contribution is -2.47. The highest BCUT2D eigenvalue weighted by molar-refractivity contribution is 8.00. The van der Waals surface area contributed by atoms with Crippen LogP contribution in [-0.4, -0.2) is 64.2 Å². The minimum atomic E-state index is -3.51. The van der Waals surface area contributed by atoms with Crippen LogP contribution in [0.15, 0.2) is 82.1 Å². The van der Waals surface area contributed by atoms with Crippen molar-refractivity contribution in [3.8, 4) is 23.0 Å². The molecule has 0 radical (unpaired) electrons. The maximum atomic E-state index is 14.5. The molecule has 1 fully saturated rings. The molecular formula is C38H43N3O8S2. The lowest BCUT2D eigenvalue weighted by Gasteiger charge is -2.36. The number of hydrogen-bond donors (Lipinski definition) is 1. The Kier molecular flexibility index (Phi) is 9.90. The Balaban J connectivity index is 1.36. The Bertz CT molecular complexity index is 2130. The third kappa shape index (κ3) is 8.04. The predicted octanol–water partition coefficient (Wildman–Crippen LogP) is 6.61. The van der Waals surface area contributed by atoms with E-state index in [0.717, 1.165) is 12.0 Å². The van der Waals surface area contributed by atoms with Crippen LogP contribution in [0.25, 0.3) is 11.5 Å². The standard InChI is InChI=1S/C38H43N3O8S2/c1-37(2,3)49-36(43)39-31-24-50(4,44)33-19-15-27(34-40-41-35(48-34)38(20-9-21-38)51(5,45)46)23-30(33)26(14-18-32(31)42)22-25-12-16-29(17-13-25)47-28-10-7-6-8-11-28/h6-8,10-13,15-17,19,23,26,31H,4,9,14,18,20-22,24H2,1-3,5H3,(H,39,43)/t26?,31-,50?/m0/s1. The van der Waals surface area contributed by atoms with Crippen molar-refractivity contribution in [1.29, 1.82) is 0 Å². The van der Waals surface area contributed by atoms with Gasteiger partial charge in [-0.05, 0) is 128 Å². The number of amides is 1. The van der Waals surface area contributed by atoms with Crippen LogP contribution in [0.3, 0.4) is 0 Å². The Hall–Kier alpha value is -4.49. The Labute approximate surface area is 299 Å². The van der Waals surface area contributed by atoms with E-state index in [-0.39, 0.29) is 35.7 Å². The van der Waals surface area contributed by atoms with Crippen molar-refractivity contribution in [2.24, 2.45) is 0 Å². The van der Waals surface area contributed by atoms with Gasteiger partial charge in [-0.3, -0.25) is 9.00 Å². The van der Waals surface area contributed by atoms with Crippen LogP contribution >= 0.6 is 0 Å². The third-order valence-electron chi connectivity index (χ3n) is 9.42. The van der Waals surface area contributed by atoms with E-state index < -0.39 is 41.8 Å². The molecule has 1 amide bonds. The van der Waals surface area contributed by atoms with Gasteiger partial charge in [0, 0.05) is 28.9 Å². The molecule has 1 aliphatic heterocycles. The predicted molar refractivity (Wildman–Crippen MR) is 195 cm³/mol. The Morgan fingerprint density at radius 3 is 2.35 bits per heavy atom. The SMILES string of the molecule is C=S1(=O)C[C@H](NC(=O)OC(C)(C)C)C(=O)CCC(Cc2ccc(Oc3ccccc3)cc2)c2cc(-c3nnc(C4(S(C)(=O)=O)CCC4)o3)ccc21. The molecule has 1 aliphatic carbocycles. The number of nitrogens with zero attached hydrogens (tertiary/aromatic N) is 2. The Morgan fingerprint density at radius 2 is 1.73 bits per heavy atom. The van der Waals surface area contributed by atoms with E-state index >= 15 is 0 Å². The molecule has 6 rings (SSSR count). The second kappa shape index (κ2) is 13.9. The van der Waals surface area contributed by atoms with Crippen molar-refractivity contribution in [2.75, 3.05) is 12.0 Å². The van der Waals surface area contributed by atoms with E-state index in [0.29, 0.717) is 53.2 Å². The normalized spacial score (nSPS) is 22.0. The van der Waals surface area contributed by atoms with Gasteiger partial charge in [0.2, 0.25) is 11.8 Å². The fraction of sp³-hybridized carbons (Fsp3) is 0.395. The van der Waals surface area contributed by atoms with Crippen LogP contribution < -0.4 is 10.1 Å². The van der Waals surface area contributed by atoms with E-state index in [9.17, 15) is 22.2 Å². The summed E-state index contributed by atoms with van der Waals surface area (Å²) >= 11 is 0. The molecule has 11 nitrogen and oxygen atoms in total. The molecule has 3 atom stereocenters. The van der Waals surface area contributed by atoms with Crippen molar-refractivity contribution in [2.45, 2.75) is 86.5 Å². The number of para-hydroxylation sites is 1. The molecule has 2 heterocycles. The van der Waals surface area contributed by atoms with Crippen molar-refractivity contribution in [3.05, 3.63) is 89.8 Å². The number of alkyl carbamates (subject to hydrolysis) is 1. The summed E-state index contributed by atoms with van der Waals surface area (Å²) in [6, 6.07) is 21.3. The van der Waals surface area contributed by atoms with Crippen LogP contribution in [0, 0.1) is 0 Å². The second-order valence-corrected chi connectivity index (χ2v) is 19.2. The molecule has 0 spiro atoms. The number of carbonyl (C=O) groups excluding carboxylic acids is 2. The summed E-state index contributed by atoms with van der Waals surface area (Å²) in [5, 5.41) is 11.1. The molecule has 2 aliphatic rings. The highest BCUT2D eigenvalue weighted by atomic mass is 32.2. The molecule has 1 N–H and O–H groups in total. The number of Topliss-reactive ketones (excluding diaryl/α,β-unsaturated/α-hetero) is 1. The van der Waals surface area contributed by atoms with Gasteiger partial charge < -0.3 is 19.2 Å². The fourth-order valence-corrected chi connectivity index (χ4v) is 9.98. The molecule has 1 saturated carbocycles. The fourth-order valence-electron chi connectivity index (χ4n) is 6.59. The molecule has 4 aromatic rings. The maximum absolute atomic E-state index is 14.5. The number of nitrogens with one attached hydrogen (secondary N) is 1. The minimum absolute atomic E-state index is 0.0618. The lowest BCUT2D eigenvalue weighted by atomic mass is 9.84. The molecule has 0 bridgehead atoms. The largest absolute Gasteiger partial charge is 0.457 e. The highest BCUT2D eigenvalue weighted by Crippen LogP contribution is 2.48. The number of ketones is 1. The topological polar surface area (TPSA) is 155 Å². The maximum Gasteiger partial charge on any atom is 0.408 e. The van der Waals surface area contributed by atoms with Gasteiger partial charge in [0.25, 0.3) is 0 Å². The summed E-state index contributed by atoms with van der Waals surface area (Å²) in [5.41, 5.74) is 1.39. The second-order valence-electron chi connectivity index (χ2n) is 14.4. The number of aromatic nitrogens is 2. The van der Waals surface area contributed by atoms with Crippen LogP contribution in [0.5, 0.6) is 11.5 Å². The van der Waals surface area contributed by atoms with Crippen molar-refractivity contribution >= 4 is 37.1 Å². The number of carbonyl (C=O) groups is 2. The summed E-state index contributed by atoms with van der Waals surface area (Å²) in [5.74, 6) is 4.91. The summed E-state index contributed by atoms with van der Waals surface area (Å²) in [6.45, 7) is 5.17. The van der Waals surface area contributed by atoms with E-state index in [1.165, 1.54) is 6.26 Å². The average molecular weight is 734 g/mol. The molecule has 3 aromatic carbocycles. The van der Waals surface area contributed by atoms with Gasteiger partial charge in [-0.15, -0.1) is 10.2 Å². The quantitative estimate of drug-likeness (QED) is 0.196. The minimum Gasteiger partial charge on any atom is -0.457 e. The molecule has 270 valence electrons. The number of rotatable bonds is 8. The van der Waals surface area contributed by atoms with Gasteiger partial charge >= 0.3 is 6.09 Å². The first-order chi connectivity index (χ1) is 24.0. The van der Waals surface area contributed by atoms with Crippen LogP contribution in [0.4, 0.5) is 4.79 Å². The van der Waals surface area contributed by atoms with Crippen LogP contribution in [0.2, 0.25) is 0 Å². The summed E-state index contributed by atoms with van der Waals surface area (Å²) in [7, 11) is -6.66. The van der Waals surface area contributed by atoms with Gasteiger partial charge in [0.05, 0.1) is 0 Å². The van der Waals surface area contributed by atoms with E-state index in [1.807, 2.05) is 60.7 Å². The zero-order valence-corrected chi connectivity index (χ0v) is 30.8. The van der Waals surface area contributed by atoms with Crippen molar-refractivity contribution in [3.63, 3.8) is 0 Å². The van der Waals surface area contributed by atoms with Crippen molar-refractivity contribution in [1.82, 2.24) is 15.5 Å². The van der Waals surface area contributed by atoms with E-state index in [4.69, 9.17) is 13.9 Å². The number of ether oxygens (including phenoxy) is 2. The number of sulfone groups is 1. The summed E-state index contributed by atoms with van der Waals surface area (Å²) < 4.78 is 56.2. The summed E-state index contributed by atoms with van der Waals surface area (Å²) in [4.78, 5) is 26.9. The molecule has 13 heteroatoms. The molecule has 0 saturated heterocycles. The number of hydrogen-bond acceptors (Lipinski definition) is 10. The summed E-state index contributed by atoms with van der Waals surface area (Å²) in [6.07, 6.45) is 2.94. The van der Waals surface area contributed by atoms with Crippen LogP contribution in [-0.2, 0) is 40.1 Å². The smallest absolute Gasteiger partial charge is 0.408 e. The van der Waals surface area contributed by atoms with Crippen molar-refractivity contribution < 1.29 is 36.1 Å². The van der Waals surface area contributed by atoms with E-state index in [1.54, 1.807) is 32.9 Å². The molecule has 2 unspecified atom stereocenters. The zero-order valence-electron chi connectivity index (χ0n) is 29.2. The first-order valence-electron chi connectivity index (χ1n) is 16.9. The van der Waals surface area contributed by atoms with Gasteiger partial charge in [-0.1, -0.05) is 30.3 Å². The van der Waals surface area contributed by atoms with Gasteiger partial charge in [-0.25, -0.2) is 13.2 Å². The Morgan fingerprint density at radius 1 is 1.04 bits per heavy atom. The monoisotopic (exact) mass is 733 g/mol.